The highest BCUT2D eigenvalue weighted by molar-refractivity contribution is 5.31. The highest BCUT2D eigenvalue weighted by Gasteiger charge is 2.30. The second kappa shape index (κ2) is 6.31. The molecule has 3 rings (SSSR count). The summed E-state index contributed by atoms with van der Waals surface area (Å²) < 4.78 is 8.75. The summed E-state index contributed by atoms with van der Waals surface area (Å²) in [6.07, 6.45) is 6.46. The second-order valence-electron chi connectivity index (χ2n) is 6.13. The molecule has 0 fully saturated rings. The van der Waals surface area contributed by atoms with Crippen molar-refractivity contribution >= 4 is 5.69 Å². The summed E-state index contributed by atoms with van der Waals surface area (Å²) in [5.41, 5.74) is 5.70. The molecule has 24 heavy (non-hydrogen) atoms. The first-order chi connectivity index (χ1) is 11.5. The van der Waals surface area contributed by atoms with E-state index in [0.717, 1.165) is 6.42 Å². The molecule has 0 aromatic carbocycles. The standard InChI is InChI=1S/C16H20N6O2/c1-16(2,22-11-12(17)10-18-22)15-19-13(20-24-15)6-5-9-21-8-4-3-7-14(21)23/h3-4,7-8,10-11H,5-6,9,17H2,1-2H3. The van der Waals surface area contributed by atoms with E-state index in [0.29, 0.717) is 30.4 Å². The number of anilines is 1. The van der Waals surface area contributed by atoms with Crippen LogP contribution in [0.2, 0.25) is 0 Å². The second-order valence-corrected chi connectivity index (χ2v) is 6.13. The van der Waals surface area contributed by atoms with Crippen LogP contribution in [-0.4, -0.2) is 24.5 Å². The van der Waals surface area contributed by atoms with E-state index in [2.05, 4.69) is 15.2 Å². The summed E-state index contributed by atoms with van der Waals surface area (Å²) >= 11 is 0. The van der Waals surface area contributed by atoms with Crippen LogP contribution < -0.4 is 11.3 Å². The Morgan fingerprint density at radius 1 is 1.33 bits per heavy atom. The summed E-state index contributed by atoms with van der Waals surface area (Å²) in [6.45, 7) is 4.48. The van der Waals surface area contributed by atoms with Gasteiger partial charge < -0.3 is 14.8 Å². The van der Waals surface area contributed by atoms with E-state index in [-0.39, 0.29) is 5.56 Å². The Hall–Kier alpha value is -2.90. The third-order valence-electron chi connectivity index (χ3n) is 3.87. The molecule has 0 unspecified atom stereocenters. The number of hydrogen-bond donors (Lipinski definition) is 1. The molecule has 0 atom stereocenters. The van der Waals surface area contributed by atoms with Crippen molar-refractivity contribution < 1.29 is 4.52 Å². The van der Waals surface area contributed by atoms with Gasteiger partial charge in [0.2, 0.25) is 5.56 Å². The summed E-state index contributed by atoms with van der Waals surface area (Å²) in [5, 5.41) is 8.23. The molecule has 0 spiro atoms. The minimum absolute atomic E-state index is 0.0105. The summed E-state index contributed by atoms with van der Waals surface area (Å²) in [5.74, 6) is 1.08. The van der Waals surface area contributed by atoms with Crippen LogP contribution in [0, 0.1) is 0 Å². The van der Waals surface area contributed by atoms with Gasteiger partial charge in [-0.25, -0.2) is 0 Å². The number of aromatic nitrogens is 5. The van der Waals surface area contributed by atoms with Crippen molar-refractivity contribution in [3.8, 4) is 0 Å². The molecule has 0 aliphatic rings. The van der Waals surface area contributed by atoms with Gasteiger partial charge in [-0.1, -0.05) is 11.2 Å². The molecule has 126 valence electrons. The van der Waals surface area contributed by atoms with Crippen molar-refractivity contribution in [2.75, 3.05) is 5.73 Å². The highest BCUT2D eigenvalue weighted by Crippen LogP contribution is 2.24. The first kappa shape index (κ1) is 16.0. The molecular weight excluding hydrogens is 308 g/mol. The van der Waals surface area contributed by atoms with E-state index in [1.165, 1.54) is 0 Å². The maximum atomic E-state index is 11.6. The van der Waals surface area contributed by atoms with Crippen LogP contribution in [0.25, 0.3) is 0 Å². The molecule has 0 saturated carbocycles. The van der Waals surface area contributed by atoms with Crippen molar-refractivity contribution in [3.63, 3.8) is 0 Å². The lowest BCUT2D eigenvalue weighted by Crippen LogP contribution is -2.28. The van der Waals surface area contributed by atoms with E-state index in [4.69, 9.17) is 10.3 Å². The van der Waals surface area contributed by atoms with Gasteiger partial charge in [-0.3, -0.25) is 9.48 Å². The molecule has 3 heterocycles. The minimum Gasteiger partial charge on any atom is -0.396 e. The molecule has 0 aliphatic carbocycles. The lowest BCUT2D eigenvalue weighted by atomic mass is 10.1. The van der Waals surface area contributed by atoms with Crippen molar-refractivity contribution in [2.24, 2.45) is 0 Å². The Kier molecular flexibility index (Phi) is 4.20. The van der Waals surface area contributed by atoms with E-state index in [1.54, 1.807) is 40.0 Å². The largest absolute Gasteiger partial charge is 0.396 e. The van der Waals surface area contributed by atoms with E-state index < -0.39 is 5.54 Å². The van der Waals surface area contributed by atoms with Crippen LogP contribution in [0.5, 0.6) is 0 Å². The quantitative estimate of drug-likeness (QED) is 0.734. The third kappa shape index (κ3) is 3.22. The Bertz CT molecular complexity index is 876. The maximum absolute atomic E-state index is 11.6. The zero-order valence-corrected chi connectivity index (χ0v) is 13.7. The summed E-state index contributed by atoms with van der Waals surface area (Å²) in [4.78, 5) is 16.1. The molecule has 8 nitrogen and oxygen atoms in total. The van der Waals surface area contributed by atoms with Crippen molar-refractivity contribution in [1.29, 1.82) is 0 Å². The first-order valence-corrected chi connectivity index (χ1v) is 7.76. The van der Waals surface area contributed by atoms with Crippen LogP contribution in [0.15, 0.2) is 46.1 Å². The molecule has 3 aromatic rings. The molecule has 0 radical (unpaired) electrons. The number of nitrogens with zero attached hydrogens (tertiary/aromatic N) is 5. The van der Waals surface area contributed by atoms with Crippen LogP contribution in [0.3, 0.4) is 0 Å². The fraction of sp³-hybridized carbons (Fsp3) is 0.375. The smallest absolute Gasteiger partial charge is 0.254 e. The minimum atomic E-state index is -0.584. The van der Waals surface area contributed by atoms with Gasteiger partial charge in [0.05, 0.1) is 11.9 Å². The molecule has 0 aliphatic heterocycles. The van der Waals surface area contributed by atoms with Gasteiger partial charge in [-0.15, -0.1) is 0 Å². The fourth-order valence-corrected chi connectivity index (χ4v) is 2.40. The van der Waals surface area contributed by atoms with Gasteiger partial charge in [0.1, 0.15) is 5.54 Å². The molecular formula is C16H20N6O2. The summed E-state index contributed by atoms with van der Waals surface area (Å²) in [7, 11) is 0. The fourth-order valence-electron chi connectivity index (χ4n) is 2.40. The SMILES string of the molecule is CC(C)(c1nc(CCCn2ccccc2=O)no1)n1cc(N)cn1. The van der Waals surface area contributed by atoms with Crippen molar-refractivity contribution in [1.82, 2.24) is 24.5 Å². The van der Waals surface area contributed by atoms with E-state index >= 15 is 0 Å². The number of nitrogen functional groups attached to an aromatic ring is 1. The van der Waals surface area contributed by atoms with Crippen LogP contribution in [0.1, 0.15) is 32.0 Å². The molecule has 0 bridgehead atoms. The molecule has 0 amide bonds. The average Bonchev–Trinajstić information content (AvgIpc) is 3.19. The van der Waals surface area contributed by atoms with E-state index in [1.807, 2.05) is 19.9 Å². The number of aryl methyl sites for hydroxylation is 2. The Morgan fingerprint density at radius 3 is 2.88 bits per heavy atom. The lowest BCUT2D eigenvalue weighted by molar-refractivity contribution is 0.260. The van der Waals surface area contributed by atoms with Gasteiger partial charge >= 0.3 is 0 Å². The van der Waals surface area contributed by atoms with Crippen molar-refractivity contribution in [2.45, 2.75) is 38.8 Å². The van der Waals surface area contributed by atoms with Gasteiger partial charge in [-0.2, -0.15) is 10.1 Å². The van der Waals surface area contributed by atoms with Gasteiger partial charge in [-0.05, 0) is 26.3 Å². The molecule has 8 heteroatoms. The Morgan fingerprint density at radius 2 is 2.17 bits per heavy atom. The number of rotatable bonds is 6. The normalized spacial score (nSPS) is 11.8. The molecule has 3 aromatic heterocycles. The summed E-state index contributed by atoms with van der Waals surface area (Å²) in [6, 6.07) is 5.12. The van der Waals surface area contributed by atoms with Gasteiger partial charge in [0.25, 0.3) is 5.89 Å². The predicted octanol–water partition coefficient (Wildman–Crippen LogP) is 1.43. The molecule has 0 saturated heterocycles. The number of nitrogens with two attached hydrogens (primary N) is 1. The number of pyridine rings is 1. The third-order valence-corrected chi connectivity index (χ3v) is 3.87. The Labute approximate surface area is 138 Å². The zero-order chi connectivity index (χ0) is 17.2. The van der Waals surface area contributed by atoms with Crippen LogP contribution >= 0.6 is 0 Å². The van der Waals surface area contributed by atoms with Crippen molar-refractivity contribution in [3.05, 3.63) is 58.9 Å². The number of hydrogen-bond acceptors (Lipinski definition) is 6. The van der Waals surface area contributed by atoms with Gasteiger partial charge in [0, 0.05) is 31.4 Å². The maximum Gasteiger partial charge on any atom is 0.254 e. The molecule has 2 N–H and O–H groups in total. The average molecular weight is 328 g/mol. The lowest BCUT2D eigenvalue weighted by Gasteiger charge is -2.20. The highest BCUT2D eigenvalue weighted by atomic mass is 16.5. The first-order valence-electron chi connectivity index (χ1n) is 7.76. The zero-order valence-electron chi connectivity index (χ0n) is 13.7. The van der Waals surface area contributed by atoms with Crippen LogP contribution in [0.4, 0.5) is 5.69 Å². The Balaban J connectivity index is 1.65. The van der Waals surface area contributed by atoms with Gasteiger partial charge in [0.15, 0.2) is 5.82 Å². The predicted molar refractivity (Wildman–Crippen MR) is 88.4 cm³/mol. The topological polar surface area (TPSA) is 105 Å². The van der Waals surface area contributed by atoms with Crippen LogP contribution in [-0.2, 0) is 18.5 Å². The monoisotopic (exact) mass is 328 g/mol. The van der Waals surface area contributed by atoms with E-state index in [9.17, 15) is 4.79 Å².